The van der Waals surface area contributed by atoms with Crippen LogP contribution in [0.2, 0.25) is 0 Å². The molecule has 1 saturated carbocycles. The zero-order valence-corrected chi connectivity index (χ0v) is 19.7. The number of amides is 3. The van der Waals surface area contributed by atoms with E-state index in [0.717, 1.165) is 25.7 Å². The number of nitrogens with zero attached hydrogens (tertiary/aromatic N) is 2. The van der Waals surface area contributed by atoms with Crippen molar-refractivity contribution in [2.24, 2.45) is 11.8 Å². The van der Waals surface area contributed by atoms with Crippen LogP contribution in [-0.4, -0.2) is 66.8 Å². The maximum absolute atomic E-state index is 12.9. The Morgan fingerprint density at radius 1 is 1.03 bits per heavy atom. The van der Waals surface area contributed by atoms with Gasteiger partial charge in [-0.05, 0) is 50.8 Å². The van der Waals surface area contributed by atoms with Gasteiger partial charge in [0, 0.05) is 37.3 Å². The second-order valence-corrected chi connectivity index (χ2v) is 8.97. The molecule has 8 heteroatoms. The maximum Gasteiger partial charge on any atom is 0.309 e. The van der Waals surface area contributed by atoms with Crippen molar-refractivity contribution in [3.05, 3.63) is 29.8 Å². The average molecular weight is 458 g/mol. The van der Waals surface area contributed by atoms with E-state index in [1.807, 2.05) is 0 Å². The minimum Gasteiger partial charge on any atom is -0.466 e. The predicted molar refractivity (Wildman–Crippen MR) is 125 cm³/mol. The largest absolute Gasteiger partial charge is 0.466 e. The summed E-state index contributed by atoms with van der Waals surface area (Å²) in [6.45, 7) is 3.06. The molecule has 0 spiro atoms. The summed E-state index contributed by atoms with van der Waals surface area (Å²) in [6, 6.07) is 6.86. The summed E-state index contributed by atoms with van der Waals surface area (Å²) in [7, 11) is 1.60. The van der Waals surface area contributed by atoms with Crippen molar-refractivity contribution in [3.63, 3.8) is 0 Å². The molecule has 1 aliphatic carbocycles. The first-order valence-electron chi connectivity index (χ1n) is 12.0. The molecule has 2 aliphatic rings. The summed E-state index contributed by atoms with van der Waals surface area (Å²) in [5.41, 5.74) is 1.02. The fourth-order valence-electron chi connectivity index (χ4n) is 4.56. The van der Waals surface area contributed by atoms with Gasteiger partial charge in [0.2, 0.25) is 11.8 Å². The van der Waals surface area contributed by atoms with E-state index in [-0.39, 0.29) is 42.1 Å². The molecule has 1 aromatic carbocycles. The number of likely N-dealkylation sites (N-methyl/N-ethyl adjacent to an activating group) is 1. The van der Waals surface area contributed by atoms with Crippen LogP contribution < -0.4 is 5.32 Å². The summed E-state index contributed by atoms with van der Waals surface area (Å²) in [5, 5.41) is 2.94. The van der Waals surface area contributed by atoms with E-state index in [9.17, 15) is 19.2 Å². The van der Waals surface area contributed by atoms with Crippen molar-refractivity contribution >= 4 is 29.4 Å². The van der Waals surface area contributed by atoms with E-state index in [4.69, 9.17) is 4.74 Å². The molecule has 0 atom stereocenters. The molecule has 2 fully saturated rings. The van der Waals surface area contributed by atoms with Crippen LogP contribution in [0.15, 0.2) is 24.3 Å². The van der Waals surface area contributed by atoms with Crippen LogP contribution in [-0.2, 0) is 19.1 Å². The molecule has 33 heavy (non-hydrogen) atoms. The standard InChI is InChI=1S/C25H35N3O5/c1-3-33-25(32)19-12-14-28(15-13-19)22(29)17-27(2)24(31)20-10-7-11-21(16-20)26-23(30)18-8-5-4-6-9-18/h7,10-11,16,18-19H,3-6,8-9,12-15,17H2,1-2H3,(H,26,30). The van der Waals surface area contributed by atoms with Crippen LogP contribution in [0.5, 0.6) is 0 Å². The molecule has 180 valence electrons. The second kappa shape index (κ2) is 11.8. The number of nitrogens with one attached hydrogen (secondary N) is 1. The molecule has 3 rings (SSSR count). The highest BCUT2D eigenvalue weighted by Crippen LogP contribution is 2.25. The molecule has 1 saturated heterocycles. The van der Waals surface area contributed by atoms with Crippen LogP contribution in [0.3, 0.4) is 0 Å². The van der Waals surface area contributed by atoms with Crippen molar-refractivity contribution in [1.82, 2.24) is 9.80 Å². The highest BCUT2D eigenvalue weighted by atomic mass is 16.5. The third-order valence-electron chi connectivity index (χ3n) is 6.54. The third kappa shape index (κ3) is 6.79. The molecule has 8 nitrogen and oxygen atoms in total. The van der Waals surface area contributed by atoms with E-state index in [0.29, 0.717) is 43.8 Å². The van der Waals surface area contributed by atoms with Gasteiger partial charge in [-0.1, -0.05) is 25.3 Å². The molecule has 3 amide bonds. The van der Waals surface area contributed by atoms with Crippen molar-refractivity contribution in [1.29, 1.82) is 0 Å². The Labute approximate surface area is 195 Å². The number of esters is 1. The van der Waals surface area contributed by atoms with Gasteiger partial charge in [-0.2, -0.15) is 0 Å². The first-order chi connectivity index (χ1) is 15.9. The van der Waals surface area contributed by atoms with Crippen molar-refractivity contribution in [3.8, 4) is 0 Å². The van der Waals surface area contributed by atoms with Gasteiger partial charge in [0.05, 0.1) is 19.1 Å². The minimum atomic E-state index is -0.279. The van der Waals surface area contributed by atoms with E-state index < -0.39 is 0 Å². The number of benzene rings is 1. The molecule has 0 aromatic heterocycles. The first-order valence-corrected chi connectivity index (χ1v) is 12.0. The monoisotopic (exact) mass is 457 g/mol. The van der Waals surface area contributed by atoms with Gasteiger partial charge in [-0.3, -0.25) is 19.2 Å². The Morgan fingerprint density at radius 2 is 1.73 bits per heavy atom. The summed E-state index contributed by atoms with van der Waals surface area (Å²) in [5.74, 6) is -0.749. The van der Waals surface area contributed by atoms with Crippen LogP contribution >= 0.6 is 0 Å². The summed E-state index contributed by atoms with van der Waals surface area (Å²) >= 11 is 0. The number of piperidine rings is 1. The smallest absolute Gasteiger partial charge is 0.309 e. The van der Waals surface area contributed by atoms with Crippen LogP contribution in [0.25, 0.3) is 0 Å². The van der Waals surface area contributed by atoms with E-state index in [1.54, 1.807) is 43.1 Å². The van der Waals surface area contributed by atoms with Gasteiger partial charge in [0.25, 0.3) is 5.91 Å². The molecule has 1 aromatic rings. The number of hydrogen-bond acceptors (Lipinski definition) is 5. The Balaban J connectivity index is 1.51. The quantitative estimate of drug-likeness (QED) is 0.635. The lowest BCUT2D eigenvalue weighted by molar-refractivity contribution is -0.151. The fourth-order valence-corrected chi connectivity index (χ4v) is 4.56. The molecule has 0 bridgehead atoms. The lowest BCUT2D eigenvalue weighted by Crippen LogP contribution is -2.45. The number of carbonyl (C=O) groups excluding carboxylic acids is 4. The topological polar surface area (TPSA) is 96.0 Å². The fraction of sp³-hybridized carbons (Fsp3) is 0.600. The van der Waals surface area contributed by atoms with E-state index in [2.05, 4.69) is 5.32 Å². The molecule has 1 heterocycles. The number of ether oxygens (including phenoxy) is 1. The van der Waals surface area contributed by atoms with Gasteiger partial charge < -0.3 is 19.9 Å². The zero-order valence-electron chi connectivity index (χ0n) is 19.7. The molecule has 1 N–H and O–H groups in total. The Morgan fingerprint density at radius 3 is 2.39 bits per heavy atom. The molecular weight excluding hydrogens is 422 g/mol. The highest BCUT2D eigenvalue weighted by Gasteiger charge is 2.29. The lowest BCUT2D eigenvalue weighted by atomic mass is 9.88. The molecule has 0 unspecified atom stereocenters. The average Bonchev–Trinajstić information content (AvgIpc) is 2.84. The Hall–Kier alpha value is -2.90. The highest BCUT2D eigenvalue weighted by molar-refractivity contribution is 5.99. The Kier molecular flexibility index (Phi) is 8.86. The van der Waals surface area contributed by atoms with Gasteiger partial charge in [0.1, 0.15) is 0 Å². The van der Waals surface area contributed by atoms with E-state index >= 15 is 0 Å². The number of hydrogen-bond donors (Lipinski definition) is 1. The zero-order chi connectivity index (χ0) is 23.8. The summed E-state index contributed by atoms with van der Waals surface area (Å²) < 4.78 is 5.07. The lowest BCUT2D eigenvalue weighted by Gasteiger charge is -2.32. The SMILES string of the molecule is CCOC(=O)C1CCN(C(=O)CN(C)C(=O)c2cccc(NC(=O)C3CCCCC3)c2)CC1. The number of likely N-dealkylation sites (tertiary alicyclic amines) is 1. The summed E-state index contributed by atoms with van der Waals surface area (Å²) in [4.78, 5) is 53.1. The van der Waals surface area contributed by atoms with Gasteiger partial charge in [-0.15, -0.1) is 0 Å². The minimum absolute atomic E-state index is 0.00838. The number of anilines is 1. The predicted octanol–water partition coefficient (Wildman–Crippen LogP) is 3.08. The van der Waals surface area contributed by atoms with E-state index in [1.165, 1.54) is 11.3 Å². The first kappa shape index (κ1) is 24.7. The molecular formula is C25H35N3O5. The molecule has 0 radical (unpaired) electrons. The summed E-state index contributed by atoms with van der Waals surface area (Å²) in [6.07, 6.45) is 6.31. The third-order valence-corrected chi connectivity index (χ3v) is 6.54. The van der Waals surface area contributed by atoms with Crippen LogP contribution in [0.1, 0.15) is 62.2 Å². The van der Waals surface area contributed by atoms with Gasteiger partial charge in [0.15, 0.2) is 0 Å². The number of carbonyl (C=O) groups is 4. The Bertz CT molecular complexity index is 857. The molecule has 1 aliphatic heterocycles. The second-order valence-electron chi connectivity index (χ2n) is 8.97. The maximum atomic E-state index is 12.9. The normalized spacial score (nSPS) is 17.3. The van der Waals surface area contributed by atoms with Crippen molar-refractivity contribution < 1.29 is 23.9 Å². The van der Waals surface area contributed by atoms with Crippen molar-refractivity contribution in [2.45, 2.75) is 51.9 Å². The number of rotatable bonds is 7. The van der Waals surface area contributed by atoms with Crippen LogP contribution in [0, 0.1) is 11.8 Å². The van der Waals surface area contributed by atoms with Crippen LogP contribution in [0.4, 0.5) is 5.69 Å². The van der Waals surface area contributed by atoms with Gasteiger partial charge >= 0.3 is 5.97 Å². The van der Waals surface area contributed by atoms with Crippen molar-refractivity contribution in [2.75, 3.05) is 38.6 Å². The van der Waals surface area contributed by atoms with Gasteiger partial charge in [-0.25, -0.2) is 0 Å².